The Hall–Kier alpha value is -3.08. The molecule has 0 aliphatic carbocycles. The van der Waals surface area contributed by atoms with Gasteiger partial charge in [-0.3, -0.25) is 4.79 Å². The Morgan fingerprint density at radius 3 is 2.36 bits per heavy atom. The van der Waals surface area contributed by atoms with Gasteiger partial charge in [-0.1, -0.05) is 11.6 Å². The van der Waals surface area contributed by atoms with Gasteiger partial charge in [0.15, 0.2) is 17.3 Å². The molecule has 0 bridgehead atoms. The first-order valence-corrected chi connectivity index (χ1v) is 10.9. The molecule has 0 spiro atoms. The summed E-state index contributed by atoms with van der Waals surface area (Å²) in [5.41, 5.74) is 0.737. The smallest absolute Gasteiger partial charge is 0.348 e. The van der Waals surface area contributed by atoms with Gasteiger partial charge in [0.1, 0.15) is 16.3 Å². The highest BCUT2D eigenvalue weighted by molar-refractivity contribution is 7.20. The SMILES string of the molecule is COCCOC(=O)c1sc2nc(/C(Cl)=C/c3cc(OC)c(OC)c(OC)c3)[nH]c(=O)c2c1C. The number of ether oxygens (including phenoxy) is 5. The van der Waals surface area contributed by atoms with Crippen LogP contribution in [0.15, 0.2) is 16.9 Å². The summed E-state index contributed by atoms with van der Waals surface area (Å²) in [4.78, 5) is 32.9. The van der Waals surface area contributed by atoms with Gasteiger partial charge in [0, 0.05) is 7.11 Å². The number of thiophene rings is 1. The summed E-state index contributed by atoms with van der Waals surface area (Å²) in [5, 5.41) is 0.498. The van der Waals surface area contributed by atoms with Crippen LogP contribution in [0.4, 0.5) is 0 Å². The van der Waals surface area contributed by atoms with Crippen LogP contribution in [0.25, 0.3) is 21.3 Å². The molecule has 0 saturated carbocycles. The third-order valence-electron chi connectivity index (χ3n) is 4.71. The number of H-pyrrole nitrogens is 1. The lowest BCUT2D eigenvalue weighted by Gasteiger charge is -2.13. The molecule has 0 aliphatic heterocycles. The van der Waals surface area contributed by atoms with Crippen molar-refractivity contribution in [3.63, 3.8) is 0 Å². The maximum Gasteiger partial charge on any atom is 0.348 e. The number of halogens is 1. The number of esters is 1. The maximum absolute atomic E-state index is 12.8. The lowest BCUT2D eigenvalue weighted by molar-refractivity contribution is 0.0393. The lowest BCUT2D eigenvalue weighted by Crippen LogP contribution is -2.11. The molecule has 1 N–H and O–H groups in total. The first-order chi connectivity index (χ1) is 15.8. The fourth-order valence-electron chi connectivity index (χ4n) is 3.13. The predicted molar refractivity (Wildman–Crippen MR) is 127 cm³/mol. The van der Waals surface area contributed by atoms with E-state index in [1.807, 2.05) is 0 Å². The van der Waals surface area contributed by atoms with Gasteiger partial charge >= 0.3 is 5.97 Å². The second kappa shape index (κ2) is 10.7. The van der Waals surface area contributed by atoms with Crippen LogP contribution in [-0.2, 0) is 9.47 Å². The van der Waals surface area contributed by atoms with Crippen molar-refractivity contribution in [2.45, 2.75) is 6.92 Å². The molecule has 1 aromatic carbocycles. The van der Waals surface area contributed by atoms with Crippen LogP contribution in [0.1, 0.15) is 26.6 Å². The van der Waals surface area contributed by atoms with E-state index in [-0.39, 0.29) is 24.1 Å². The fourth-order valence-corrected chi connectivity index (χ4v) is 4.43. The molecule has 0 fully saturated rings. The number of aryl methyl sites for hydroxylation is 1. The molecule has 33 heavy (non-hydrogen) atoms. The number of hydrogen-bond acceptors (Lipinski definition) is 9. The normalized spacial score (nSPS) is 11.5. The van der Waals surface area contributed by atoms with E-state index < -0.39 is 11.5 Å². The monoisotopic (exact) mass is 494 g/mol. The van der Waals surface area contributed by atoms with Gasteiger partial charge in [0.2, 0.25) is 5.75 Å². The molecule has 176 valence electrons. The number of aromatic nitrogens is 2. The minimum absolute atomic E-state index is 0.113. The van der Waals surface area contributed by atoms with Crippen molar-refractivity contribution in [2.24, 2.45) is 0 Å². The van der Waals surface area contributed by atoms with E-state index in [4.69, 9.17) is 35.3 Å². The number of fused-ring (bicyclic) bond motifs is 1. The zero-order chi connectivity index (χ0) is 24.1. The second-order valence-electron chi connectivity index (χ2n) is 6.73. The van der Waals surface area contributed by atoms with Crippen molar-refractivity contribution in [1.82, 2.24) is 9.97 Å². The first-order valence-electron chi connectivity index (χ1n) is 9.71. The summed E-state index contributed by atoms with van der Waals surface area (Å²) >= 11 is 7.56. The average molecular weight is 495 g/mol. The molecule has 0 atom stereocenters. The number of carbonyl (C=O) groups excluding carboxylic acids is 1. The number of rotatable bonds is 9. The summed E-state index contributed by atoms with van der Waals surface area (Å²) in [6.45, 7) is 2.07. The van der Waals surface area contributed by atoms with E-state index in [9.17, 15) is 9.59 Å². The van der Waals surface area contributed by atoms with Crippen LogP contribution >= 0.6 is 22.9 Å². The molecule has 3 rings (SSSR count). The minimum Gasteiger partial charge on any atom is -0.493 e. The number of nitrogens with zero attached hydrogens (tertiary/aromatic N) is 1. The van der Waals surface area contributed by atoms with Gasteiger partial charge in [0.25, 0.3) is 5.56 Å². The molecule has 0 amide bonds. The Morgan fingerprint density at radius 1 is 1.12 bits per heavy atom. The van der Waals surface area contributed by atoms with Crippen LogP contribution < -0.4 is 19.8 Å². The van der Waals surface area contributed by atoms with Crippen LogP contribution in [0.3, 0.4) is 0 Å². The van der Waals surface area contributed by atoms with Gasteiger partial charge in [0.05, 0.1) is 38.4 Å². The van der Waals surface area contributed by atoms with Crippen molar-refractivity contribution in [3.05, 3.63) is 44.3 Å². The number of hydrogen-bond donors (Lipinski definition) is 1. The lowest BCUT2D eigenvalue weighted by atomic mass is 10.1. The van der Waals surface area contributed by atoms with E-state index in [1.165, 1.54) is 28.4 Å². The summed E-state index contributed by atoms with van der Waals surface area (Å²) in [5.74, 6) is 0.973. The molecule has 0 unspecified atom stereocenters. The van der Waals surface area contributed by atoms with Gasteiger partial charge in [-0.2, -0.15) is 0 Å². The highest BCUT2D eigenvalue weighted by Crippen LogP contribution is 2.39. The quantitative estimate of drug-likeness (QED) is 0.353. The molecule has 11 heteroatoms. The van der Waals surface area contributed by atoms with Crippen LogP contribution in [0, 0.1) is 6.92 Å². The Kier molecular flexibility index (Phi) is 7.96. The van der Waals surface area contributed by atoms with Gasteiger partial charge < -0.3 is 28.7 Å². The van der Waals surface area contributed by atoms with Crippen LogP contribution in [0.5, 0.6) is 17.2 Å². The van der Waals surface area contributed by atoms with Crippen LogP contribution in [-0.4, -0.2) is 57.6 Å². The molecule has 0 saturated heterocycles. The van der Waals surface area contributed by atoms with E-state index in [2.05, 4.69) is 9.97 Å². The van der Waals surface area contributed by atoms with Gasteiger partial charge in [-0.05, 0) is 36.3 Å². The number of aromatic amines is 1. The summed E-state index contributed by atoms with van der Waals surface area (Å²) in [7, 11) is 6.04. The Labute approximate surface area is 198 Å². The van der Waals surface area contributed by atoms with Crippen molar-refractivity contribution in [2.75, 3.05) is 41.7 Å². The third-order valence-corrected chi connectivity index (χ3v) is 6.17. The predicted octanol–water partition coefficient (Wildman–Crippen LogP) is 3.86. The number of carbonyl (C=O) groups is 1. The summed E-state index contributed by atoms with van der Waals surface area (Å²) in [6.07, 6.45) is 1.61. The van der Waals surface area contributed by atoms with Gasteiger partial charge in [-0.25, -0.2) is 9.78 Å². The van der Waals surface area contributed by atoms with Crippen molar-refractivity contribution in [3.8, 4) is 17.2 Å². The number of benzene rings is 1. The summed E-state index contributed by atoms with van der Waals surface area (Å²) < 4.78 is 26.1. The minimum atomic E-state index is -0.535. The summed E-state index contributed by atoms with van der Waals surface area (Å²) in [6, 6.07) is 3.42. The van der Waals surface area contributed by atoms with E-state index in [0.717, 1.165) is 11.3 Å². The van der Waals surface area contributed by atoms with Crippen molar-refractivity contribution < 1.29 is 28.5 Å². The van der Waals surface area contributed by atoms with E-state index in [1.54, 1.807) is 25.1 Å². The molecule has 0 aliphatic rings. The van der Waals surface area contributed by atoms with E-state index >= 15 is 0 Å². The topological polar surface area (TPSA) is 109 Å². The second-order valence-corrected chi connectivity index (χ2v) is 8.14. The zero-order valence-corrected chi connectivity index (χ0v) is 20.3. The van der Waals surface area contributed by atoms with Crippen LogP contribution in [0.2, 0.25) is 0 Å². The van der Waals surface area contributed by atoms with Crippen molar-refractivity contribution in [1.29, 1.82) is 0 Å². The Morgan fingerprint density at radius 2 is 1.79 bits per heavy atom. The molecular weight excluding hydrogens is 472 g/mol. The average Bonchev–Trinajstić information content (AvgIpc) is 3.15. The molecule has 0 radical (unpaired) electrons. The standard InChI is InChI=1S/C22H23ClN2O7S/c1-11-16-20(26)24-19(25-21(16)33-18(11)22(27)32-7-6-28-2)13(23)8-12-9-14(29-3)17(31-5)15(10-12)30-4/h8-10H,6-7H2,1-5H3,(H,24,25,26)/b13-8-. The Balaban J connectivity index is 2.01. The largest absolute Gasteiger partial charge is 0.493 e. The van der Waals surface area contributed by atoms with Gasteiger partial charge in [-0.15, -0.1) is 11.3 Å². The highest BCUT2D eigenvalue weighted by Gasteiger charge is 2.21. The Bertz CT molecular complexity index is 1240. The molecule has 2 aromatic heterocycles. The molecule has 3 aromatic rings. The maximum atomic E-state index is 12.8. The number of nitrogens with one attached hydrogen (secondary N) is 1. The molecule has 9 nitrogen and oxygen atoms in total. The zero-order valence-electron chi connectivity index (χ0n) is 18.7. The number of methoxy groups -OCH3 is 4. The molecular formula is C22H23ClN2O7S. The fraction of sp³-hybridized carbons (Fsp3) is 0.318. The van der Waals surface area contributed by atoms with Crippen molar-refractivity contribution >= 4 is 50.2 Å². The molecule has 2 heterocycles. The van der Waals surface area contributed by atoms with E-state index in [0.29, 0.717) is 43.5 Å². The first kappa shape index (κ1) is 24.6. The third kappa shape index (κ3) is 5.13. The highest BCUT2D eigenvalue weighted by atomic mass is 35.5.